The Kier molecular flexibility index (Phi) is 3.76. The van der Waals surface area contributed by atoms with E-state index in [0.29, 0.717) is 5.56 Å². The van der Waals surface area contributed by atoms with Crippen molar-refractivity contribution in [2.24, 2.45) is 0 Å². The molecule has 0 aliphatic carbocycles. The summed E-state index contributed by atoms with van der Waals surface area (Å²) in [6.45, 7) is 0.143. The summed E-state index contributed by atoms with van der Waals surface area (Å²) in [6.07, 6.45) is 2.89. The van der Waals surface area contributed by atoms with Crippen molar-refractivity contribution in [2.75, 3.05) is 0 Å². The van der Waals surface area contributed by atoms with Gasteiger partial charge in [0.05, 0.1) is 12.5 Å². The molecular formula is C12H8BrF2NO2. The highest BCUT2D eigenvalue weighted by molar-refractivity contribution is 9.10. The van der Waals surface area contributed by atoms with Gasteiger partial charge in [0, 0.05) is 16.6 Å². The van der Waals surface area contributed by atoms with Crippen LogP contribution in [0.4, 0.5) is 8.78 Å². The minimum Gasteiger partial charge on any atom is -0.472 e. The molecule has 1 aromatic carbocycles. The molecule has 0 fully saturated rings. The van der Waals surface area contributed by atoms with Crippen LogP contribution in [0.3, 0.4) is 0 Å². The third-order valence-electron chi connectivity index (χ3n) is 2.27. The number of rotatable bonds is 3. The van der Waals surface area contributed by atoms with Gasteiger partial charge in [0.2, 0.25) is 0 Å². The van der Waals surface area contributed by atoms with E-state index in [0.717, 1.165) is 12.1 Å². The molecule has 0 radical (unpaired) electrons. The van der Waals surface area contributed by atoms with Crippen molar-refractivity contribution in [3.8, 4) is 0 Å². The van der Waals surface area contributed by atoms with Crippen LogP contribution in [0.1, 0.15) is 15.9 Å². The zero-order chi connectivity index (χ0) is 13.1. The van der Waals surface area contributed by atoms with Crippen LogP contribution in [0.15, 0.2) is 39.6 Å². The summed E-state index contributed by atoms with van der Waals surface area (Å²) in [5.74, 6) is -2.63. The zero-order valence-corrected chi connectivity index (χ0v) is 10.6. The first-order chi connectivity index (χ1) is 8.58. The van der Waals surface area contributed by atoms with E-state index >= 15 is 0 Å². The standard InChI is InChI=1S/C12H8BrF2NO2/c13-8-3-9(14)11(10(15)4-8)12(17)16-5-7-1-2-18-6-7/h1-4,6H,5H2,(H,16,17). The van der Waals surface area contributed by atoms with Crippen LogP contribution < -0.4 is 5.32 Å². The van der Waals surface area contributed by atoms with Crippen molar-refractivity contribution in [2.45, 2.75) is 6.54 Å². The Bertz CT molecular complexity index is 546. The number of benzene rings is 1. The molecule has 1 heterocycles. The van der Waals surface area contributed by atoms with Crippen LogP contribution in [0.25, 0.3) is 0 Å². The van der Waals surface area contributed by atoms with Crippen LogP contribution in [0.5, 0.6) is 0 Å². The second-order valence-electron chi connectivity index (χ2n) is 3.56. The Morgan fingerprint density at radius 2 is 2.00 bits per heavy atom. The number of hydrogen-bond donors (Lipinski definition) is 1. The van der Waals surface area contributed by atoms with E-state index in [2.05, 4.69) is 21.2 Å². The largest absolute Gasteiger partial charge is 0.472 e. The monoisotopic (exact) mass is 315 g/mol. The maximum Gasteiger partial charge on any atom is 0.257 e. The van der Waals surface area contributed by atoms with Crippen molar-refractivity contribution < 1.29 is 18.0 Å². The smallest absolute Gasteiger partial charge is 0.257 e. The van der Waals surface area contributed by atoms with E-state index in [1.165, 1.54) is 12.5 Å². The van der Waals surface area contributed by atoms with E-state index in [1.807, 2.05) is 0 Å². The van der Waals surface area contributed by atoms with E-state index in [4.69, 9.17) is 4.42 Å². The molecule has 3 nitrogen and oxygen atoms in total. The van der Waals surface area contributed by atoms with E-state index in [-0.39, 0.29) is 11.0 Å². The maximum atomic E-state index is 13.5. The van der Waals surface area contributed by atoms with Gasteiger partial charge in [-0.05, 0) is 18.2 Å². The quantitative estimate of drug-likeness (QED) is 0.944. The minimum atomic E-state index is -0.911. The second kappa shape index (κ2) is 5.30. The fraction of sp³-hybridized carbons (Fsp3) is 0.0833. The maximum absolute atomic E-state index is 13.5. The minimum absolute atomic E-state index is 0.143. The number of carbonyl (C=O) groups excluding carboxylic acids is 1. The van der Waals surface area contributed by atoms with Crippen LogP contribution in [-0.2, 0) is 6.54 Å². The Hall–Kier alpha value is -1.69. The summed E-state index contributed by atoms with van der Waals surface area (Å²) in [5, 5.41) is 2.41. The van der Waals surface area contributed by atoms with E-state index < -0.39 is 23.1 Å². The molecular weight excluding hydrogens is 308 g/mol. The van der Waals surface area contributed by atoms with Crippen molar-refractivity contribution in [3.63, 3.8) is 0 Å². The Morgan fingerprint density at radius 1 is 1.33 bits per heavy atom. The van der Waals surface area contributed by atoms with Crippen LogP contribution in [0, 0.1) is 11.6 Å². The lowest BCUT2D eigenvalue weighted by Crippen LogP contribution is -2.24. The molecule has 0 spiro atoms. The van der Waals surface area contributed by atoms with Gasteiger partial charge in [-0.1, -0.05) is 15.9 Å². The van der Waals surface area contributed by atoms with Gasteiger partial charge in [-0.2, -0.15) is 0 Å². The Labute approximate surface area is 110 Å². The van der Waals surface area contributed by atoms with Gasteiger partial charge in [0.1, 0.15) is 17.2 Å². The first-order valence-corrected chi connectivity index (χ1v) is 5.81. The number of nitrogens with one attached hydrogen (secondary N) is 1. The predicted molar refractivity (Wildman–Crippen MR) is 63.9 cm³/mol. The van der Waals surface area contributed by atoms with Gasteiger partial charge in [0.25, 0.3) is 5.91 Å². The Balaban J connectivity index is 2.14. The molecule has 6 heteroatoms. The van der Waals surface area contributed by atoms with Gasteiger partial charge in [-0.3, -0.25) is 4.79 Å². The third-order valence-corrected chi connectivity index (χ3v) is 2.72. The number of furan rings is 1. The number of amides is 1. The third kappa shape index (κ3) is 2.76. The molecule has 0 atom stereocenters. The van der Waals surface area contributed by atoms with Gasteiger partial charge < -0.3 is 9.73 Å². The Morgan fingerprint density at radius 3 is 2.56 bits per heavy atom. The number of halogens is 3. The molecule has 1 amide bonds. The molecule has 18 heavy (non-hydrogen) atoms. The predicted octanol–water partition coefficient (Wildman–Crippen LogP) is 3.25. The van der Waals surface area contributed by atoms with Crippen LogP contribution in [0.2, 0.25) is 0 Å². The SMILES string of the molecule is O=C(NCc1ccoc1)c1c(F)cc(Br)cc1F. The fourth-order valence-electron chi connectivity index (χ4n) is 1.42. The average molecular weight is 316 g/mol. The van der Waals surface area contributed by atoms with Gasteiger partial charge in [-0.25, -0.2) is 8.78 Å². The molecule has 0 saturated carbocycles. The summed E-state index contributed by atoms with van der Waals surface area (Å²) < 4.78 is 32.0. The lowest BCUT2D eigenvalue weighted by atomic mass is 10.2. The van der Waals surface area contributed by atoms with Crippen molar-refractivity contribution in [1.29, 1.82) is 0 Å². The molecule has 0 bridgehead atoms. The molecule has 2 rings (SSSR count). The van der Waals surface area contributed by atoms with Gasteiger partial charge in [-0.15, -0.1) is 0 Å². The molecule has 2 aromatic rings. The molecule has 0 aliphatic rings. The van der Waals surface area contributed by atoms with Crippen LogP contribution >= 0.6 is 15.9 Å². The summed E-state index contributed by atoms with van der Waals surface area (Å²) in [7, 11) is 0. The highest BCUT2D eigenvalue weighted by Gasteiger charge is 2.18. The molecule has 0 aliphatic heterocycles. The van der Waals surface area contributed by atoms with Crippen LogP contribution in [-0.4, -0.2) is 5.91 Å². The molecule has 94 valence electrons. The summed E-state index contributed by atoms with van der Waals surface area (Å²) >= 11 is 2.94. The first kappa shape index (κ1) is 12.8. The second-order valence-corrected chi connectivity index (χ2v) is 4.47. The van der Waals surface area contributed by atoms with Gasteiger partial charge >= 0.3 is 0 Å². The summed E-state index contributed by atoms with van der Waals surface area (Å²) in [6, 6.07) is 3.72. The number of hydrogen-bond acceptors (Lipinski definition) is 2. The average Bonchev–Trinajstić information content (AvgIpc) is 2.77. The lowest BCUT2D eigenvalue weighted by molar-refractivity contribution is 0.0942. The van der Waals surface area contributed by atoms with Crippen molar-refractivity contribution in [3.05, 3.63) is 58.0 Å². The number of carbonyl (C=O) groups is 1. The molecule has 0 saturated heterocycles. The molecule has 0 unspecified atom stereocenters. The highest BCUT2D eigenvalue weighted by atomic mass is 79.9. The zero-order valence-electron chi connectivity index (χ0n) is 9.04. The van der Waals surface area contributed by atoms with Gasteiger partial charge in [0.15, 0.2) is 0 Å². The van der Waals surface area contributed by atoms with Crippen molar-refractivity contribution in [1.82, 2.24) is 5.32 Å². The first-order valence-electron chi connectivity index (χ1n) is 5.01. The molecule has 1 aromatic heterocycles. The highest BCUT2D eigenvalue weighted by Crippen LogP contribution is 2.19. The topological polar surface area (TPSA) is 42.2 Å². The summed E-state index contributed by atoms with van der Waals surface area (Å²) in [5.41, 5.74) is 0.114. The van der Waals surface area contributed by atoms with Crippen molar-refractivity contribution >= 4 is 21.8 Å². The van der Waals surface area contributed by atoms with E-state index in [1.54, 1.807) is 6.07 Å². The molecule has 1 N–H and O–H groups in total. The normalized spacial score (nSPS) is 10.4. The summed E-state index contributed by atoms with van der Waals surface area (Å²) in [4.78, 5) is 11.7. The van der Waals surface area contributed by atoms with E-state index in [9.17, 15) is 13.6 Å². The lowest BCUT2D eigenvalue weighted by Gasteiger charge is -2.06. The fourth-order valence-corrected chi connectivity index (χ4v) is 1.83.